The van der Waals surface area contributed by atoms with Crippen LogP contribution in [0.2, 0.25) is 0 Å². The zero-order valence-electron chi connectivity index (χ0n) is 21.0. The minimum Gasteiger partial charge on any atom is -0.494 e. The van der Waals surface area contributed by atoms with E-state index in [1.807, 2.05) is 54.3 Å². The highest BCUT2D eigenvalue weighted by molar-refractivity contribution is 5.78. The maximum absolute atomic E-state index is 12.8. The molecule has 10 heteroatoms. The number of piperazine rings is 1. The van der Waals surface area contributed by atoms with Crippen LogP contribution in [0.15, 0.2) is 42.5 Å². The maximum Gasteiger partial charge on any atom is 0.260 e. The third-order valence-electron chi connectivity index (χ3n) is 6.42. The number of tetrazole rings is 1. The molecule has 0 N–H and O–H groups in total. The molecular formula is C26H32N6O4. The van der Waals surface area contributed by atoms with Gasteiger partial charge in [0.25, 0.3) is 5.91 Å². The van der Waals surface area contributed by atoms with Crippen LogP contribution in [0, 0.1) is 0 Å². The molecule has 0 unspecified atom stereocenters. The molecule has 1 aromatic heterocycles. The SMILES string of the molecule is CCOc1ccc(-n2nnnc2CN2CCN(C(=O)COc3cccc4c3OC(C)(C)C4)CC2)cc1. The van der Waals surface area contributed by atoms with Crippen LogP contribution in [-0.4, -0.2) is 80.9 Å². The minimum atomic E-state index is -0.255. The van der Waals surface area contributed by atoms with E-state index in [9.17, 15) is 4.79 Å². The van der Waals surface area contributed by atoms with Gasteiger partial charge in [-0.05, 0) is 61.5 Å². The Morgan fingerprint density at radius 2 is 1.83 bits per heavy atom. The lowest BCUT2D eigenvalue weighted by atomic mass is 10.0. The highest BCUT2D eigenvalue weighted by Crippen LogP contribution is 2.41. The van der Waals surface area contributed by atoms with E-state index in [1.165, 1.54) is 0 Å². The molecule has 0 radical (unpaired) electrons. The molecule has 2 aliphatic heterocycles. The fourth-order valence-corrected chi connectivity index (χ4v) is 4.64. The number of benzene rings is 2. The molecule has 3 heterocycles. The second kappa shape index (κ2) is 10.1. The molecule has 2 aromatic carbocycles. The molecule has 2 aliphatic rings. The van der Waals surface area contributed by atoms with Crippen LogP contribution in [0.4, 0.5) is 0 Å². The van der Waals surface area contributed by atoms with Crippen molar-refractivity contribution in [3.05, 3.63) is 53.9 Å². The lowest BCUT2D eigenvalue weighted by Gasteiger charge is -2.34. The van der Waals surface area contributed by atoms with Crippen molar-refractivity contribution in [2.24, 2.45) is 0 Å². The molecule has 5 rings (SSSR count). The van der Waals surface area contributed by atoms with E-state index in [4.69, 9.17) is 14.2 Å². The normalized spacial score (nSPS) is 16.9. The summed E-state index contributed by atoms with van der Waals surface area (Å²) in [4.78, 5) is 16.9. The van der Waals surface area contributed by atoms with Gasteiger partial charge in [0.1, 0.15) is 11.4 Å². The molecular weight excluding hydrogens is 460 g/mol. The highest BCUT2D eigenvalue weighted by Gasteiger charge is 2.32. The van der Waals surface area contributed by atoms with E-state index in [-0.39, 0.29) is 18.1 Å². The van der Waals surface area contributed by atoms with E-state index in [1.54, 1.807) is 4.68 Å². The highest BCUT2D eigenvalue weighted by atomic mass is 16.5. The predicted molar refractivity (Wildman–Crippen MR) is 133 cm³/mol. The summed E-state index contributed by atoms with van der Waals surface area (Å²) in [7, 11) is 0. The number of amides is 1. The lowest BCUT2D eigenvalue weighted by Crippen LogP contribution is -2.49. The molecule has 10 nitrogen and oxygen atoms in total. The number of hydrogen-bond donors (Lipinski definition) is 0. The van der Waals surface area contributed by atoms with Gasteiger partial charge in [0, 0.05) is 38.2 Å². The van der Waals surface area contributed by atoms with Gasteiger partial charge in [0.15, 0.2) is 23.9 Å². The van der Waals surface area contributed by atoms with Gasteiger partial charge >= 0.3 is 0 Å². The Bertz CT molecular complexity index is 1200. The van der Waals surface area contributed by atoms with Crippen LogP contribution in [0.5, 0.6) is 17.2 Å². The first-order valence-electron chi connectivity index (χ1n) is 12.4. The molecule has 36 heavy (non-hydrogen) atoms. The number of aromatic nitrogens is 4. The number of rotatable bonds is 8. The van der Waals surface area contributed by atoms with Crippen molar-refractivity contribution >= 4 is 5.91 Å². The van der Waals surface area contributed by atoms with Gasteiger partial charge < -0.3 is 19.1 Å². The Hall–Kier alpha value is -3.66. The molecule has 0 spiro atoms. The van der Waals surface area contributed by atoms with E-state index < -0.39 is 0 Å². The second-order valence-electron chi connectivity index (χ2n) is 9.66. The molecule has 190 valence electrons. The van der Waals surface area contributed by atoms with Crippen molar-refractivity contribution in [1.29, 1.82) is 0 Å². The van der Waals surface area contributed by atoms with Gasteiger partial charge in [-0.2, -0.15) is 4.68 Å². The summed E-state index contributed by atoms with van der Waals surface area (Å²) in [5.41, 5.74) is 1.74. The van der Waals surface area contributed by atoms with Gasteiger partial charge in [-0.1, -0.05) is 12.1 Å². The molecule has 3 aromatic rings. The zero-order valence-corrected chi connectivity index (χ0v) is 21.0. The van der Waals surface area contributed by atoms with Crippen molar-refractivity contribution in [2.45, 2.75) is 39.3 Å². The summed E-state index contributed by atoms with van der Waals surface area (Å²) in [5, 5.41) is 12.2. The number of nitrogens with zero attached hydrogens (tertiary/aromatic N) is 6. The predicted octanol–water partition coefficient (Wildman–Crippen LogP) is 2.50. The molecule has 0 bridgehead atoms. The average molecular weight is 493 g/mol. The van der Waals surface area contributed by atoms with Gasteiger partial charge in [-0.3, -0.25) is 9.69 Å². The number of para-hydroxylation sites is 1. The minimum absolute atomic E-state index is 0.00374. The van der Waals surface area contributed by atoms with Crippen LogP contribution in [0.3, 0.4) is 0 Å². The topological polar surface area (TPSA) is 94.8 Å². The van der Waals surface area contributed by atoms with Crippen LogP contribution in [0.25, 0.3) is 5.69 Å². The summed E-state index contributed by atoms with van der Waals surface area (Å²) in [5.74, 6) is 2.93. The fraction of sp³-hybridized carbons (Fsp3) is 0.462. The van der Waals surface area contributed by atoms with Gasteiger partial charge in [0.05, 0.1) is 18.8 Å². The Labute approximate surface area is 210 Å². The summed E-state index contributed by atoms with van der Waals surface area (Å²) in [6, 6.07) is 13.6. The number of ether oxygens (including phenoxy) is 3. The van der Waals surface area contributed by atoms with E-state index >= 15 is 0 Å². The molecule has 1 fully saturated rings. The average Bonchev–Trinajstić information content (AvgIpc) is 3.46. The van der Waals surface area contributed by atoms with Crippen LogP contribution in [-0.2, 0) is 17.8 Å². The fourth-order valence-electron chi connectivity index (χ4n) is 4.64. The summed E-state index contributed by atoms with van der Waals surface area (Å²) >= 11 is 0. The first-order chi connectivity index (χ1) is 17.4. The van der Waals surface area contributed by atoms with E-state index in [2.05, 4.69) is 34.3 Å². The summed E-state index contributed by atoms with van der Waals surface area (Å²) in [6.45, 7) is 10.0. The Morgan fingerprint density at radius 1 is 1.06 bits per heavy atom. The van der Waals surface area contributed by atoms with E-state index in [0.29, 0.717) is 32.0 Å². The monoisotopic (exact) mass is 492 g/mol. The van der Waals surface area contributed by atoms with Crippen molar-refractivity contribution in [3.63, 3.8) is 0 Å². The lowest BCUT2D eigenvalue weighted by molar-refractivity contribution is -0.135. The van der Waals surface area contributed by atoms with Crippen LogP contribution >= 0.6 is 0 Å². The Kier molecular flexibility index (Phi) is 6.77. The van der Waals surface area contributed by atoms with Crippen molar-refractivity contribution in [1.82, 2.24) is 30.0 Å². The molecule has 1 saturated heterocycles. The van der Waals surface area contributed by atoms with Crippen LogP contribution in [0.1, 0.15) is 32.2 Å². The molecule has 0 atom stereocenters. The molecule has 0 saturated carbocycles. The van der Waals surface area contributed by atoms with Gasteiger partial charge in [0.2, 0.25) is 0 Å². The third-order valence-corrected chi connectivity index (χ3v) is 6.42. The van der Waals surface area contributed by atoms with Crippen molar-refractivity contribution in [3.8, 4) is 22.9 Å². The number of fused-ring (bicyclic) bond motifs is 1. The first-order valence-corrected chi connectivity index (χ1v) is 12.4. The van der Waals surface area contributed by atoms with Crippen LogP contribution < -0.4 is 14.2 Å². The van der Waals surface area contributed by atoms with Crippen molar-refractivity contribution < 1.29 is 19.0 Å². The quantitative estimate of drug-likeness (QED) is 0.474. The standard InChI is InChI=1S/C26H32N6O4/c1-4-34-21-10-8-20(9-11-21)32-23(27-28-29-32)17-30-12-14-31(15-13-30)24(33)18-35-22-7-5-6-19-16-26(2,3)36-25(19)22/h5-11H,4,12-18H2,1-3H3. The first kappa shape index (κ1) is 24.1. The second-order valence-corrected chi connectivity index (χ2v) is 9.66. The Balaban J connectivity index is 1.13. The number of hydrogen-bond acceptors (Lipinski definition) is 8. The molecule has 0 aliphatic carbocycles. The summed E-state index contributed by atoms with van der Waals surface area (Å²) in [6.07, 6.45) is 0.831. The largest absolute Gasteiger partial charge is 0.494 e. The van der Waals surface area contributed by atoms with Crippen molar-refractivity contribution in [2.75, 3.05) is 39.4 Å². The summed E-state index contributed by atoms with van der Waals surface area (Å²) < 4.78 is 19.2. The maximum atomic E-state index is 12.8. The van der Waals surface area contributed by atoms with Gasteiger partial charge in [-0.15, -0.1) is 5.10 Å². The van der Waals surface area contributed by atoms with E-state index in [0.717, 1.165) is 48.1 Å². The van der Waals surface area contributed by atoms with Gasteiger partial charge in [-0.25, -0.2) is 0 Å². The number of carbonyl (C=O) groups is 1. The number of carbonyl (C=O) groups excluding carboxylic acids is 1. The third kappa shape index (κ3) is 5.28. The molecule has 1 amide bonds. The Morgan fingerprint density at radius 3 is 2.58 bits per heavy atom. The smallest absolute Gasteiger partial charge is 0.260 e. The zero-order chi connectivity index (χ0) is 25.1.